The molecule has 0 unspecified atom stereocenters. The second kappa shape index (κ2) is 4.26. The number of nitrogens with one attached hydrogen (secondary N) is 1. The first-order valence-electron chi connectivity index (χ1n) is 5.36. The lowest BCUT2D eigenvalue weighted by molar-refractivity contribution is 0.104. The van der Waals surface area contributed by atoms with Crippen LogP contribution < -0.4 is 5.32 Å². The Labute approximate surface area is 108 Å². The number of ketones is 1. The van der Waals surface area contributed by atoms with Crippen LogP contribution in [0.1, 0.15) is 26.4 Å². The average molecular weight is 264 g/mol. The minimum absolute atomic E-state index is 0.0136. The normalized spacial score (nSPS) is 13.7. The third-order valence-corrected chi connectivity index (χ3v) is 4.26. The van der Waals surface area contributed by atoms with Gasteiger partial charge in [-0.25, -0.2) is 0 Å². The number of fused-ring (bicyclic) bond motifs is 1. The molecule has 1 aromatic heterocycles. The van der Waals surface area contributed by atoms with Gasteiger partial charge in [0, 0.05) is 18.7 Å². The number of halogens is 1. The zero-order valence-electron chi connectivity index (χ0n) is 9.00. The van der Waals surface area contributed by atoms with Gasteiger partial charge < -0.3 is 5.32 Å². The monoisotopic (exact) mass is 263 g/mol. The molecule has 1 N–H and O–H groups in total. The third kappa shape index (κ3) is 1.90. The van der Waals surface area contributed by atoms with Crippen LogP contribution in [0, 0.1) is 0 Å². The Morgan fingerprint density at radius 1 is 1.24 bits per heavy atom. The molecule has 2 heterocycles. The number of carbonyl (C=O) groups excluding carboxylic acids is 1. The van der Waals surface area contributed by atoms with E-state index in [9.17, 15) is 4.79 Å². The minimum Gasteiger partial charge on any atom is -0.309 e. The van der Waals surface area contributed by atoms with E-state index in [0.717, 1.165) is 18.7 Å². The molecule has 2 aromatic rings. The number of hydrogen-bond acceptors (Lipinski definition) is 3. The lowest BCUT2D eigenvalue weighted by atomic mass is 10.0. The molecule has 0 atom stereocenters. The summed E-state index contributed by atoms with van der Waals surface area (Å²) in [7, 11) is 0. The fraction of sp³-hybridized carbons (Fsp3) is 0.154. The third-order valence-electron chi connectivity index (χ3n) is 2.92. The van der Waals surface area contributed by atoms with Crippen LogP contribution in [0.2, 0.25) is 5.02 Å². The van der Waals surface area contributed by atoms with Gasteiger partial charge in [-0.15, -0.1) is 11.3 Å². The van der Waals surface area contributed by atoms with Crippen molar-refractivity contribution in [1.29, 1.82) is 0 Å². The number of benzene rings is 1. The largest absolute Gasteiger partial charge is 0.309 e. The van der Waals surface area contributed by atoms with Gasteiger partial charge in [0.1, 0.15) is 0 Å². The van der Waals surface area contributed by atoms with Crippen LogP contribution in [0.3, 0.4) is 0 Å². The highest BCUT2D eigenvalue weighted by molar-refractivity contribution is 7.13. The summed E-state index contributed by atoms with van der Waals surface area (Å²) in [6.45, 7) is 1.73. The maximum Gasteiger partial charge on any atom is 0.204 e. The molecule has 0 saturated heterocycles. The van der Waals surface area contributed by atoms with Gasteiger partial charge in [0.25, 0.3) is 0 Å². The second-order valence-corrected chi connectivity index (χ2v) is 5.34. The molecule has 0 saturated carbocycles. The average Bonchev–Trinajstić information content (AvgIpc) is 2.95. The summed E-state index contributed by atoms with van der Waals surface area (Å²) in [5, 5.41) is 5.64. The molecule has 1 aromatic carbocycles. The van der Waals surface area contributed by atoms with E-state index < -0.39 is 0 Å². The number of rotatable bonds is 2. The summed E-state index contributed by atoms with van der Waals surface area (Å²) < 4.78 is 0. The van der Waals surface area contributed by atoms with Gasteiger partial charge >= 0.3 is 0 Å². The highest BCUT2D eigenvalue weighted by Gasteiger charge is 2.17. The van der Waals surface area contributed by atoms with Crippen LogP contribution in [0.5, 0.6) is 0 Å². The van der Waals surface area contributed by atoms with Gasteiger partial charge in [-0.05, 0) is 28.6 Å². The summed E-state index contributed by atoms with van der Waals surface area (Å²) in [6.07, 6.45) is 0. The van der Waals surface area contributed by atoms with Crippen molar-refractivity contribution in [3.63, 3.8) is 0 Å². The van der Waals surface area contributed by atoms with Crippen molar-refractivity contribution in [2.24, 2.45) is 0 Å². The molecule has 3 rings (SSSR count). The Bertz CT molecular complexity index is 591. The van der Waals surface area contributed by atoms with Crippen LogP contribution >= 0.6 is 22.9 Å². The van der Waals surface area contributed by atoms with Gasteiger partial charge in [-0.1, -0.05) is 23.7 Å². The lowest BCUT2D eigenvalue weighted by Crippen LogP contribution is -2.01. The van der Waals surface area contributed by atoms with Crippen molar-refractivity contribution in [3.8, 4) is 0 Å². The molecule has 0 aliphatic carbocycles. The predicted octanol–water partition coefficient (Wildman–Crippen LogP) is 3.24. The quantitative estimate of drug-likeness (QED) is 0.843. The van der Waals surface area contributed by atoms with Crippen molar-refractivity contribution >= 4 is 28.7 Å². The molecule has 1 aliphatic rings. The van der Waals surface area contributed by atoms with Gasteiger partial charge in [0.15, 0.2) is 0 Å². The van der Waals surface area contributed by atoms with Crippen LogP contribution in [-0.4, -0.2) is 5.78 Å². The van der Waals surface area contributed by atoms with E-state index >= 15 is 0 Å². The minimum atomic E-state index is 0.0136. The molecule has 0 bridgehead atoms. The summed E-state index contributed by atoms with van der Waals surface area (Å²) in [4.78, 5) is 12.9. The molecule has 0 fully saturated rings. The van der Waals surface area contributed by atoms with Gasteiger partial charge in [-0.2, -0.15) is 0 Å². The molecular formula is C13H10ClNOS. The molecule has 0 spiro atoms. The van der Waals surface area contributed by atoms with Crippen molar-refractivity contribution in [3.05, 3.63) is 56.2 Å². The first kappa shape index (κ1) is 11.0. The number of carbonyl (C=O) groups is 1. The SMILES string of the molecule is O=C(c1ccc2c(c1)CNC2)c1sccc1Cl. The van der Waals surface area contributed by atoms with Crippen molar-refractivity contribution in [1.82, 2.24) is 5.32 Å². The highest BCUT2D eigenvalue weighted by atomic mass is 35.5. The zero-order valence-corrected chi connectivity index (χ0v) is 10.6. The molecular weight excluding hydrogens is 254 g/mol. The summed E-state index contributed by atoms with van der Waals surface area (Å²) >= 11 is 7.37. The van der Waals surface area contributed by atoms with Crippen molar-refractivity contribution in [2.45, 2.75) is 13.1 Å². The summed E-state index contributed by atoms with van der Waals surface area (Å²) in [5.41, 5.74) is 3.21. The first-order valence-corrected chi connectivity index (χ1v) is 6.61. The number of thiophene rings is 1. The smallest absolute Gasteiger partial charge is 0.204 e. The predicted molar refractivity (Wildman–Crippen MR) is 69.7 cm³/mol. The van der Waals surface area contributed by atoms with Gasteiger partial charge in [-0.3, -0.25) is 4.79 Å². The van der Waals surface area contributed by atoms with E-state index in [1.54, 1.807) is 6.07 Å². The van der Waals surface area contributed by atoms with Crippen LogP contribution in [0.25, 0.3) is 0 Å². The van der Waals surface area contributed by atoms with E-state index in [-0.39, 0.29) is 5.78 Å². The Hall–Kier alpha value is -1.16. The standard InChI is InChI=1S/C13H10ClNOS/c14-11-3-4-17-13(11)12(16)8-1-2-9-6-15-7-10(9)5-8/h1-5,15H,6-7H2. The fourth-order valence-electron chi connectivity index (χ4n) is 2.02. The molecule has 2 nitrogen and oxygen atoms in total. The molecule has 4 heteroatoms. The zero-order chi connectivity index (χ0) is 11.8. The van der Waals surface area contributed by atoms with Gasteiger partial charge in [0.05, 0.1) is 9.90 Å². The van der Waals surface area contributed by atoms with Crippen molar-refractivity contribution in [2.75, 3.05) is 0 Å². The highest BCUT2D eigenvalue weighted by Crippen LogP contribution is 2.26. The summed E-state index contributed by atoms with van der Waals surface area (Å²) in [6, 6.07) is 7.62. The Morgan fingerprint density at radius 3 is 2.82 bits per heavy atom. The molecule has 17 heavy (non-hydrogen) atoms. The lowest BCUT2D eigenvalue weighted by Gasteiger charge is -2.02. The van der Waals surface area contributed by atoms with E-state index in [0.29, 0.717) is 9.90 Å². The summed E-state index contributed by atoms with van der Waals surface area (Å²) in [5.74, 6) is 0.0136. The fourth-order valence-corrected chi connectivity index (χ4v) is 3.13. The Balaban J connectivity index is 2.00. The Kier molecular flexibility index (Phi) is 2.74. The second-order valence-electron chi connectivity index (χ2n) is 4.01. The molecule has 1 aliphatic heterocycles. The van der Waals surface area contributed by atoms with E-state index in [1.165, 1.54) is 22.5 Å². The number of hydrogen-bond donors (Lipinski definition) is 1. The van der Waals surface area contributed by atoms with Crippen LogP contribution in [0.4, 0.5) is 0 Å². The maximum absolute atomic E-state index is 12.2. The van der Waals surface area contributed by atoms with Gasteiger partial charge in [0.2, 0.25) is 5.78 Å². The van der Waals surface area contributed by atoms with E-state index in [2.05, 4.69) is 5.32 Å². The topological polar surface area (TPSA) is 29.1 Å². The van der Waals surface area contributed by atoms with Crippen LogP contribution in [-0.2, 0) is 13.1 Å². The van der Waals surface area contributed by atoms with Crippen molar-refractivity contribution < 1.29 is 4.79 Å². The molecule has 0 amide bonds. The molecule has 0 radical (unpaired) electrons. The molecule has 86 valence electrons. The van der Waals surface area contributed by atoms with E-state index in [4.69, 9.17) is 11.6 Å². The van der Waals surface area contributed by atoms with Crippen LogP contribution in [0.15, 0.2) is 29.6 Å². The Morgan fingerprint density at radius 2 is 2.06 bits per heavy atom. The first-order chi connectivity index (χ1) is 8.25. The maximum atomic E-state index is 12.2. The van der Waals surface area contributed by atoms with E-state index in [1.807, 2.05) is 23.6 Å².